The number of pyridine rings is 1. The summed E-state index contributed by atoms with van der Waals surface area (Å²) in [7, 11) is -3.34. The van der Waals surface area contributed by atoms with E-state index in [2.05, 4.69) is 15.0 Å². The first-order chi connectivity index (χ1) is 9.05. The van der Waals surface area contributed by atoms with E-state index in [-0.39, 0.29) is 17.7 Å². The second-order valence-electron chi connectivity index (χ2n) is 4.55. The Morgan fingerprint density at radius 3 is 2.89 bits per heavy atom. The topological polar surface area (TPSA) is 88.2 Å². The molecule has 1 aromatic rings. The molecule has 1 fully saturated rings. The number of carbonyl (C=O) groups is 1. The van der Waals surface area contributed by atoms with Crippen LogP contribution in [0.2, 0.25) is 0 Å². The predicted octanol–water partition coefficient (Wildman–Crippen LogP) is -0.178. The van der Waals surface area contributed by atoms with Crippen LogP contribution in [0, 0.1) is 0 Å². The number of carbonyl (C=O) groups excluding carboxylic acids is 1. The molecule has 1 atom stereocenters. The molecule has 0 aromatic carbocycles. The highest BCUT2D eigenvalue weighted by atomic mass is 32.2. The average molecular weight is 283 g/mol. The molecule has 6 nitrogen and oxygen atoms in total. The van der Waals surface area contributed by atoms with E-state index in [4.69, 9.17) is 0 Å². The van der Waals surface area contributed by atoms with Crippen LogP contribution in [0.3, 0.4) is 0 Å². The van der Waals surface area contributed by atoms with Crippen molar-refractivity contribution in [1.29, 1.82) is 0 Å². The van der Waals surface area contributed by atoms with Gasteiger partial charge in [-0.2, -0.15) is 0 Å². The van der Waals surface area contributed by atoms with Gasteiger partial charge in [-0.05, 0) is 18.6 Å². The van der Waals surface area contributed by atoms with Crippen LogP contribution < -0.4 is 10.0 Å². The molecule has 2 N–H and O–H groups in total. The first kappa shape index (κ1) is 14.0. The van der Waals surface area contributed by atoms with Crippen LogP contribution in [0.25, 0.3) is 0 Å². The summed E-state index contributed by atoms with van der Waals surface area (Å²) in [6, 6.07) is 5.22. The van der Waals surface area contributed by atoms with E-state index in [1.807, 2.05) is 6.07 Å². The first-order valence-corrected chi connectivity index (χ1v) is 7.87. The zero-order valence-electron chi connectivity index (χ0n) is 10.5. The van der Waals surface area contributed by atoms with Crippen molar-refractivity contribution in [3.8, 4) is 0 Å². The summed E-state index contributed by atoms with van der Waals surface area (Å²) in [4.78, 5) is 15.1. The third-order valence-corrected chi connectivity index (χ3v) is 4.40. The molecule has 1 saturated heterocycles. The normalized spacial score (nSPS) is 20.0. The van der Waals surface area contributed by atoms with E-state index in [0.29, 0.717) is 25.8 Å². The number of hydrogen-bond acceptors (Lipinski definition) is 4. The summed E-state index contributed by atoms with van der Waals surface area (Å²) in [5.74, 6) is -0.0157. The van der Waals surface area contributed by atoms with Crippen molar-refractivity contribution in [2.24, 2.45) is 0 Å². The van der Waals surface area contributed by atoms with E-state index in [9.17, 15) is 13.2 Å². The van der Waals surface area contributed by atoms with E-state index in [0.717, 1.165) is 5.69 Å². The molecule has 1 aliphatic rings. The molecule has 0 aliphatic carbocycles. The van der Waals surface area contributed by atoms with Gasteiger partial charge in [-0.1, -0.05) is 6.07 Å². The Labute approximate surface area is 112 Å². The molecule has 1 aromatic heterocycles. The van der Waals surface area contributed by atoms with E-state index in [1.165, 1.54) is 0 Å². The molecular weight excluding hydrogens is 266 g/mol. The number of aryl methyl sites for hydroxylation is 1. The van der Waals surface area contributed by atoms with Crippen molar-refractivity contribution in [3.05, 3.63) is 30.1 Å². The molecule has 0 saturated carbocycles. The number of piperidine rings is 1. The summed E-state index contributed by atoms with van der Waals surface area (Å²) >= 11 is 0. The second-order valence-corrected chi connectivity index (χ2v) is 6.42. The lowest BCUT2D eigenvalue weighted by atomic mass is 10.1. The van der Waals surface area contributed by atoms with Gasteiger partial charge in [-0.25, -0.2) is 13.1 Å². The maximum Gasteiger partial charge on any atom is 0.220 e. The average Bonchev–Trinajstić information content (AvgIpc) is 2.40. The fourth-order valence-electron chi connectivity index (χ4n) is 1.93. The fraction of sp³-hybridized carbons (Fsp3) is 0.500. The number of amides is 1. The maximum absolute atomic E-state index is 11.9. The van der Waals surface area contributed by atoms with Crippen molar-refractivity contribution in [1.82, 2.24) is 15.0 Å². The third-order valence-electron chi connectivity index (χ3n) is 2.96. The Hall–Kier alpha value is -1.47. The van der Waals surface area contributed by atoms with Crippen LogP contribution >= 0.6 is 0 Å². The van der Waals surface area contributed by atoms with Crippen LogP contribution in [-0.4, -0.2) is 37.6 Å². The smallest absolute Gasteiger partial charge is 0.220 e. The zero-order valence-corrected chi connectivity index (χ0v) is 11.3. The van der Waals surface area contributed by atoms with E-state index < -0.39 is 10.0 Å². The number of sulfonamides is 1. The second kappa shape index (κ2) is 6.12. The monoisotopic (exact) mass is 283 g/mol. The lowest BCUT2D eigenvalue weighted by molar-refractivity contribution is -0.122. The standard InChI is InChI=1S/C12H17N3O3S/c16-12-5-4-11(9-14-12)15-19(17,18)8-6-10-3-1-2-7-13-10/h1-3,7,11,15H,4-6,8-9H2,(H,14,16). The quantitative estimate of drug-likeness (QED) is 0.785. The van der Waals surface area contributed by atoms with Crippen molar-refractivity contribution in [2.45, 2.75) is 25.3 Å². The first-order valence-electron chi connectivity index (χ1n) is 6.22. The Bertz CT molecular complexity index is 520. The SMILES string of the molecule is O=C1CCC(NS(=O)(=O)CCc2ccccn2)CN1. The number of rotatable bonds is 5. The van der Waals surface area contributed by atoms with Gasteiger partial charge >= 0.3 is 0 Å². The van der Waals surface area contributed by atoms with Crippen LogP contribution in [-0.2, 0) is 21.2 Å². The van der Waals surface area contributed by atoms with Gasteiger partial charge in [0.15, 0.2) is 0 Å². The summed E-state index contributed by atoms with van der Waals surface area (Å²) < 4.78 is 26.4. The minimum absolute atomic E-state index is 0.00839. The minimum Gasteiger partial charge on any atom is -0.355 e. The largest absolute Gasteiger partial charge is 0.355 e. The molecule has 0 spiro atoms. The van der Waals surface area contributed by atoms with Crippen LogP contribution in [0.5, 0.6) is 0 Å². The Kier molecular flexibility index (Phi) is 4.49. The molecule has 104 valence electrons. The highest BCUT2D eigenvalue weighted by Gasteiger charge is 2.22. The maximum atomic E-state index is 11.9. The van der Waals surface area contributed by atoms with Crippen LogP contribution in [0.1, 0.15) is 18.5 Å². The van der Waals surface area contributed by atoms with Gasteiger partial charge in [-0.15, -0.1) is 0 Å². The zero-order chi connectivity index (χ0) is 13.7. The summed E-state index contributed by atoms with van der Waals surface area (Å²) in [6.07, 6.45) is 2.95. The molecule has 0 radical (unpaired) electrons. The number of hydrogen-bond donors (Lipinski definition) is 2. The summed E-state index contributed by atoms with van der Waals surface area (Å²) in [5, 5.41) is 2.65. The van der Waals surface area contributed by atoms with E-state index >= 15 is 0 Å². The lowest BCUT2D eigenvalue weighted by Gasteiger charge is -2.23. The Balaban J connectivity index is 1.83. The molecule has 7 heteroatoms. The highest BCUT2D eigenvalue weighted by molar-refractivity contribution is 7.89. The van der Waals surface area contributed by atoms with Gasteiger partial charge in [-0.3, -0.25) is 9.78 Å². The van der Waals surface area contributed by atoms with Crippen molar-refractivity contribution in [3.63, 3.8) is 0 Å². The molecule has 19 heavy (non-hydrogen) atoms. The van der Waals surface area contributed by atoms with Crippen LogP contribution in [0.15, 0.2) is 24.4 Å². The summed E-state index contributed by atoms with van der Waals surface area (Å²) in [5.41, 5.74) is 0.754. The molecule has 2 rings (SSSR count). The van der Waals surface area contributed by atoms with Crippen molar-refractivity contribution >= 4 is 15.9 Å². The number of nitrogens with one attached hydrogen (secondary N) is 2. The van der Waals surface area contributed by atoms with Crippen molar-refractivity contribution in [2.75, 3.05) is 12.3 Å². The Morgan fingerprint density at radius 1 is 1.42 bits per heavy atom. The fourth-order valence-corrected chi connectivity index (χ4v) is 3.24. The van der Waals surface area contributed by atoms with Gasteiger partial charge in [0.1, 0.15) is 0 Å². The number of aromatic nitrogens is 1. The van der Waals surface area contributed by atoms with Gasteiger partial charge in [0.2, 0.25) is 15.9 Å². The van der Waals surface area contributed by atoms with Gasteiger partial charge < -0.3 is 5.32 Å². The molecule has 1 unspecified atom stereocenters. The van der Waals surface area contributed by atoms with Gasteiger partial charge in [0, 0.05) is 37.3 Å². The highest BCUT2D eigenvalue weighted by Crippen LogP contribution is 2.05. The lowest BCUT2D eigenvalue weighted by Crippen LogP contribution is -2.48. The minimum atomic E-state index is -3.34. The van der Waals surface area contributed by atoms with Gasteiger partial charge in [0.25, 0.3) is 0 Å². The van der Waals surface area contributed by atoms with Gasteiger partial charge in [0.05, 0.1) is 5.75 Å². The molecule has 1 aliphatic heterocycles. The molecule has 2 heterocycles. The molecule has 0 bridgehead atoms. The number of nitrogens with zero attached hydrogens (tertiary/aromatic N) is 1. The Morgan fingerprint density at radius 2 is 2.26 bits per heavy atom. The van der Waals surface area contributed by atoms with E-state index in [1.54, 1.807) is 18.3 Å². The molecule has 1 amide bonds. The predicted molar refractivity (Wildman–Crippen MR) is 70.9 cm³/mol. The summed E-state index contributed by atoms with van der Waals surface area (Å²) in [6.45, 7) is 0.363. The van der Waals surface area contributed by atoms with Crippen molar-refractivity contribution < 1.29 is 13.2 Å². The third kappa shape index (κ3) is 4.60. The molecular formula is C12H17N3O3S. The van der Waals surface area contributed by atoms with Crippen LogP contribution in [0.4, 0.5) is 0 Å².